The van der Waals surface area contributed by atoms with Gasteiger partial charge in [-0.2, -0.15) is 0 Å². The number of rotatable bonds is 5. The molecule has 1 aromatic heterocycles. The quantitative estimate of drug-likeness (QED) is 0.829. The first-order valence-corrected chi connectivity index (χ1v) is 6.32. The summed E-state index contributed by atoms with van der Waals surface area (Å²) < 4.78 is 5.67. The van der Waals surface area contributed by atoms with E-state index in [0.717, 1.165) is 11.3 Å². The molecular weight excluding hydrogens is 273 g/mol. The van der Waals surface area contributed by atoms with Gasteiger partial charge in [0.15, 0.2) is 0 Å². The van der Waals surface area contributed by atoms with E-state index in [2.05, 4.69) is 5.32 Å². The van der Waals surface area contributed by atoms with Crippen molar-refractivity contribution in [2.24, 2.45) is 0 Å². The Kier molecular flexibility index (Phi) is 4.66. The molecule has 0 aliphatic rings. The smallest absolute Gasteiger partial charge is 0.135 e. The van der Waals surface area contributed by atoms with Crippen LogP contribution < -0.4 is 5.32 Å². The van der Waals surface area contributed by atoms with Crippen molar-refractivity contribution in [1.29, 1.82) is 0 Å². The first-order chi connectivity index (χ1) is 8.70. The largest absolute Gasteiger partial charge is 0.460 e. The van der Waals surface area contributed by atoms with Crippen LogP contribution in [0.15, 0.2) is 34.7 Å². The van der Waals surface area contributed by atoms with Gasteiger partial charge in [0.25, 0.3) is 0 Å². The second-order valence-electron chi connectivity index (χ2n) is 3.79. The minimum Gasteiger partial charge on any atom is -0.460 e. The van der Waals surface area contributed by atoms with E-state index in [0.29, 0.717) is 28.9 Å². The highest BCUT2D eigenvalue weighted by molar-refractivity contribution is 6.36. The Morgan fingerprint density at radius 1 is 1.17 bits per heavy atom. The highest BCUT2D eigenvalue weighted by Gasteiger charge is 2.08. The fraction of sp³-hybridized carbons (Fsp3) is 0.231. The first kappa shape index (κ1) is 13.4. The van der Waals surface area contributed by atoms with Crippen molar-refractivity contribution in [1.82, 2.24) is 5.32 Å². The number of hydrogen-bond donors (Lipinski definition) is 2. The summed E-state index contributed by atoms with van der Waals surface area (Å²) in [4.78, 5) is 0. The molecule has 96 valence electrons. The van der Waals surface area contributed by atoms with Gasteiger partial charge in [0, 0.05) is 17.1 Å². The molecule has 0 spiro atoms. The summed E-state index contributed by atoms with van der Waals surface area (Å²) in [5, 5.41) is 12.9. The van der Waals surface area contributed by atoms with Crippen molar-refractivity contribution in [2.45, 2.75) is 6.54 Å². The van der Waals surface area contributed by atoms with Crippen molar-refractivity contribution in [2.75, 3.05) is 13.2 Å². The van der Waals surface area contributed by atoms with E-state index < -0.39 is 0 Å². The topological polar surface area (TPSA) is 45.4 Å². The van der Waals surface area contributed by atoms with Gasteiger partial charge in [-0.1, -0.05) is 23.2 Å². The maximum absolute atomic E-state index is 8.67. The second-order valence-corrected chi connectivity index (χ2v) is 4.63. The van der Waals surface area contributed by atoms with Crippen LogP contribution in [0.5, 0.6) is 0 Å². The SMILES string of the molecule is OCCNCc1ccc(-c2ccc(Cl)cc2Cl)o1. The molecule has 3 nitrogen and oxygen atoms in total. The molecule has 2 aromatic rings. The third-order valence-corrected chi connectivity index (χ3v) is 2.99. The third-order valence-electron chi connectivity index (χ3n) is 2.45. The van der Waals surface area contributed by atoms with Gasteiger partial charge in [0.05, 0.1) is 18.2 Å². The zero-order chi connectivity index (χ0) is 13.0. The van der Waals surface area contributed by atoms with Gasteiger partial charge < -0.3 is 14.8 Å². The zero-order valence-corrected chi connectivity index (χ0v) is 11.1. The molecule has 2 N–H and O–H groups in total. The van der Waals surface area contributed by atoms with E-state index in [1.807, 2.05) is 18.2 Å². The predicted molar refractivity (Wildman–Crippen MR) is 73.0 cm³/mol. The van der Waals surface area contributed by atoms with Crippen LogP contribution in [0, 0.1) is 0 Å². The van der Waals surface area contributed by atoms with E-state index in [1.165, 1.54) is 0 Å². The summed E-state index contributed by atoms with van der Waals surface area (Å²) >= 11 is 12.0. The van der Waals surface area contributed by atoms with Crippen molar-refractivity contribution in [3.05, 3.63) is 46.1 Å². The summed E-state index contributed by atoms with van der Waals surface area (Å²) in [5.41, 5.74) is 0.814. The molecule has 0 atom stereocenters. The number of halogens is 2. The van der Waals surface area contributed by atoms with Gasteiger partial charge in [0.2, 0.25) is 0 Å². The van der Waals surface area contributed by atoms with Gasteiger partial charge in [-0.05, 0) is 30.3 Å². The van der Waals surface area contributed by atoms with E-state index in [-0.39, 0.29) is 6.61 Å². The maximum Gasteiger partial charge on any atom is 0.135 e. The molecule has 0 aliphatic carbocycles. The van der Waals surface area contributed by atoms with Crippen molar-refractivity contribution >= 4 is 23.2 Å². The monoisotopic (exact) mass is 285 g/mol. The number of hydrogen-bond acceptors (Lipinski definition) is 3. The lowest BCUT2D eigenvalue weighted by Crippen LogP contribution is -2.16. The molecule has 2 rings (SSSR count). The molecule has 0 saturated carbocycles. The van der Waals surface area contributed by atoms with Crippen LogP contribution in [0.2, 0.25) is 10.0 Å². The molecule has 1 aromatic carbocycles. The summed E-state index contributed by atoms with van der Waals surface area (Å²) in [6.07, 6.45) is 0. The Hall–Kier alpha value is -1.00. The summed E-state index contributed by atoms with van der Waals surface area (Å²) in [6.45, 7) is 1.22. The third kappa shape index (κ3) is 3.27. The Labute approximate surface area is 115 Å². The minimum absolute atomic E-state index is 0.108. The molecule has 0 saturated heterocycles. The first-order valence-electron chi connectivity index (χ1n) is 5.56. The van der Waals surface area contributed by atoms with Crippen LogP contribution in [0.4, 0.5) is 0 Å². The van der Waals surface area contributed by atoms with E-state index in [9.17, 15) is 0 Å². The molecule has 0 aliphatic heterocycles. The van der Waals surface area contributed by atoms with Crippen molar-refractivity contribution in [3.63, 3.8) is 0 Å². The lowest BCUT2D eigenvalue weighted by molar-refractivity contribution is 0.290. The van der Waals surface area contributed by atoms with E-state index in [4.69, 9.17) is 32.7 Å². The van der Waals surface area contributed by atoms with Crippen molar-refractivity contribution in [3.8, 4) is 11.3 Å². The molecule has 0 bridgehead atoms. The van der Waals surface area contributed by atoms with E-state index >= 15 is 0 Å². The molecule has 5 heteroatoms. The highest BCUT2D eigenvalue weighted by atomic mass is 35.5. The number of furan rings is 1. The van der Waals surface area contributed by atoms with Gasteiger partial charge in [-0.3, -0.25) is 0 Å². The lowest BCUT2D eigenvalue weighted by Gasteiger charge is -2.02. The number of aliphatic hydroxyl groups excluding tert-OH is 1. The van der Waals surface area contributed by atoms with Crippen LogP contribution in [0.3, 0.4) is 0 Å². The minimum atomic E-state index is 0.108. The average molecular weight is 286 g/mol. The summed E-state index contributed by atoms with van der Waals surface area (Å²) in [5.74, 6) is 1.50. The molecule has 0 radical (unpaired) electrons. The van der Waals surface area contributed by atoms with Crippen LogP contribution in [0.25, 0.3) is 11.3 Å². The molecule has 0 amide bonds. The zero-order valence-electron chi connectivity index (χ0n) is 9.62. The van der Waals surface area contributed by atoms with Gasteiger partial charge in [0.1, 0.15) is 11.5 Å². The normalized spacial score (nSPS) is 10.8. The molecule has 1 heterocycles. The average Bonchev–Trinajstić information content (AvgIpc) is 2.78. The Morgan fingerprint density at radius 2 is 2.00 bits per heavy atom. The predicted octanol–water partition coefficient (Wildman–Crippen LogP) is 3.34. The lowest BCUT2D eigenvalue weighted by atomic mass is 10.2. The van der Waals surface area contributed by atoms with Crippen LogP contribution in [-0.4, -0.2) is 18.3 Å². The van der Waals surface area contributed by atoms with Crippen LogP contribution >= 0.6 is 23.2 Å². The second kappa shape index (κ2) is 6.25. The van der Waals surface area contributed by atoms with Crippen LogP contribution in [0.1, 0.15) is 5.76 Å². The highest BCUT2D eigenvalue weighted by Crippen LogP contribution is 2.31. The Balaban J connectivity index is 2.13. The number of aliphatic hydroxyl groups is 1. The molecule has 0 unspecified atom stereocenters. The molecule has 0 fully saturated rings. The van der Waals surface area contributed by atoms with Gasteiger partial charge in [-0.25, -0.2) is 0 Å². The fourth-order valence-corrected chi connectivity index (χ4v) is 2.10. The Morgan fingerprint density at radius 3 is 2.72 bits per heavy atom. The van der Waals surface area contributed by atoms with Gasteiger partial charge >= 0.3 is 0 Å². The number of benzene rings is 1. The van der Waals surface area contributed by atoms with Crippen molar-refractivity contribution < 1.29 is 9.52 Å². The fourth-order valence-electron chi connectivity index (χ4n) is 1.60. The molecule has 18 heavy (non-hydrogen) atoms. The maximum atomic E-state index is 8.67. The summed E-state index contributed by atoms with van der Waals surface area (Å²) in [6, 6.07) is 9.03. The molecular formula is C13H13Cl2NO2. The standard InChI is InChI=1S/C13H13Cl2NO2/c14-9-1-3-11(12(15)7-9)13-4-2-10(18-13)8-16-5-6-17/h1-4,7,16-17H,5-6,8H2. The summed E-state index contributed by atoms with van der Waals surface area (Å²) in [7, 11) is 0. The van der Waals surface area contributed by atoms with Crippen LogP contribution in [-0.2, 0) is 6.54 Å². The van der Waals surface area contributed by atoms with Gasteiger partial charge in [-0.15, -0.1) is 0 Å². The number of nitrogens with one attached hydrogen (secondary N) is 1. The Bertz CT molecular complexity index is 525. The van der Waals surface area contributed by atoms with E-state index in [1.54, 1.807) is 12.1 Å².